The molecule has 1 atom stereocenters. The largest absolute Gasteiger partial charge is 0.490 e. The van der Waals surface area contributed by atoms with Crippen molar-refractivity contribution < 1.29 is 13.5 Å². The molecule has 0 saturated carbocycles. The molecule has 0 amide bonds. The van der Waals surface area contributed by atoms with E-state index in [1.54, 1.807) is 12.1 Å². The molecule has 138 valence electrons. The lowest BCUT2D eigenvalue weighted by molar-refractivity contribution is 0.286. The van der Waals surface area contributed by atoms with Crippen molar-refractivity contribution in [2.45, 2.75) is 65.2 Å². The van der Waals surface area contributed by atoms with Gasteiger partial charge in [0.25, 0.3) is 0 Å². The highest BCUT2D eigenvalue weighted by atomic mass is 19.2. The van der Waals surface area contributed by atoms with Gasteiger partial charge in [-0.3, -0.25) is 0 Å². The number of allylic oxidation sites excluding steroid dienone is 4. The van der Waals surface area contributed by atoms with Crippen LogP contribution >= 0.6 is 0 Å². The first-order valence-electron chi connectivity index (χ1n) is 9.58. The minimum atomic E-state index is -0.856. The second-order valence-electron chi connectivity index (χ2n) is 6.81. The van der Waals surface area contributed by atoms with Crippen LogP contribution in [0.5, 0.6) is 5.75 Å². The number of unbranched alkanes of at least 4 members (excludes halogenated alkanes) is 2. The molecule has 0 radical (unpaired) electrons. The van der Waals surface area contributed by atoms with Gasteiger partial charge in [0.05, 0.1) is 6.61 Å². The average molecular weight is 348 g/mol. The van der Waals surface area contributed by atoms with E-state index in [0.29, 0.717) is 18.1 Å². The normalized spacial score (nSPS) is 17.8. The number of hydrogen-bond acceptors (Lipinski definition) is 1. The van der Waals surface area contributed by atoms with Gasteiger partial charge in [-0.2, -0.15) is 4.39 Å². The average Bonchev–Trinajstić information content (AvgIpc) is 2.63. The fraction of sp³-hybridized carbons (Fsp3) is 0.545. The van der Waals surface area contributed by atoms with E-state index in [4.69, 9.17) is 4.74 Å². The van der Waals surface area contributed by atoms with Gasteiger partial charge in [-0.1, -0.05) is 38.0 Å². The van der Waals surface area contributed by atoms with Crippen LogP contribution in [-0.2, 0) is 0 Å². The summed E-state index contributed by atoms with van der Waals surface area (Å²) in [5, 5.41) is 0. The molecule has 25 heavy (non-hydrogen) atoms. The highest BCUT2D eigenvalue weighted by molar-refractivity contribution is 5.67. The fourth-order valence-corrected chi connectivity index (χ4v) is 3.32. The molecule has 2 rings (SSSR count). The van der Waals surface area contributed by atoms with Crippen LogP contribution in [0.1, 0.15) is 70.8 Å². The van der Waals surface area contributed by atoms with E-state index < -0.39 is 11.6 Å². The third-order valence-corrected chi connectivity index (χ3v) is 4.90. The second-order valence-corrected chi connectivity index (χ2v) is 6.81. The van der Waals surface area contributed by atoms with E-state index in [9.17, 15) is 8.78 Å². The molecule has 1 aromatic carbocycles. The van der Waals surface area contributed by atoms with Crippen LogP contribution in [-0.4, -0.2) is 6.61 Å². The molecule has 0 aromatic heterocycles. The lowest BCUT2D eigenvalue weighted by atomic mass is 9.84. The molecule has 0 aliphatic heterocycles. The topological polar surface area (TPSA) is 9.23 Å². The zero-order valence-electron chi connectivity index (χ0n) is 15.5. The van der Waals surface area contributed by atoms with E-state index in [2.05, 4.69) is 25.2 Å². The molecule has 1 nitrogen and oxygen atoms in total. The second kappa shape index (κ2) is 10.4. The van der Waals surface area contributed by atoms with Crippen LogP contribution in [0, 0.1) is 17.6 Å². The summed E-state index contributed by atoms with van der Waals surface area (Å²) in [5.41, 5.74) is 1.32. The van der Waals surface area contributed by atoms with Crippen molar-refractivity contribution in [2.24, 2.45) is 5.92 Å². The zero-order chi connectivity index (χ0) is 18.1. The maximum absolute atomic E-state index is 14.5. The molecule has 0 fully saturated rings. The Labute approximate surface area is 150 Å². The molecular weight excluding hydrogens is 318 g/mol. The molecule has 1 aliphatic carbocycles. The van der Waals surface area contributed by atoms with Crippen molar-refractivity contribution >= 4 is 5.57 Å². The van der Waals surface area contributed by atoms with Crippen LogP contribution in [0.15, 0.2) is 30.4 Å². The van der Waals surface area contributed by atoms with Crippen molar-refractivity contribution in [1.29, 1.82) is 0 Å². The van der Waals surface area contributed by atoms with E-state index >= 15 is 0 Å². The van der Waals surface area contributed by atoms with Gasteiger partial charge in [-0.25, -0.2) is 4.39 Å². The first-order chi connectivity index (χ1) is 12.2. The smallest absolute Gasteiger partial charge is 0.201 e. The quantitative estimate of drug-likeness (QED) is 0.342. The van der Waals surface area contributed by atoms with Crippen LogP contribution in [0.3, 0.4) is 0 Å². The molecule has 0 N–H and O–H groups in total. The Morgan fingerprint density at radius 3 is 2.72 bits per heavy atom. The Hall–Kier alpha value is -1.64. The van der Waals surface area contributed by atoms with Gasteiger partial charge in [0.2, 0.25) is 5.82 Å². The molecular formula is C22H30F2O. The summed E-state index contributed by atoms with van der Waals surface area (Å²) < 4.78 is 34.1. The van der Waals surface area contributed by atoms with Crippen LogP contribution in [0.2, 0.25) is 0 Å². The van der Waals surface area contributed by atoms with Crippen LogP contribution in [0.4, 0.5) is 8.78 Å². The molecule has 1 unspecified atom stereocenters. The maximum atomic E-state index is 14.5. The summed E-state index contributed by atoms with van der Waals surface area (Å²) in [6.45, 7) is 4.56. The number of ether oxygens (including phenoxy) is 1. The van der Waals surface area contributed by atoms with Crippen molar-refractivity contribution in [2.75, 3.05) is 6.61 Å². The Morgan fingerprint density at radius 2 is 2.04 bits per heavy atom. The summed E-state index contributed by atoms with van der Waals surface area (Å²) in [6, 6.07) is 3.23. The van der Waals surface area contributed by atoms with Crippen molar-refractivity contribution in [3.8, 4) is 5.75 Å². The number of hydrogen-bond donors (Lipinski definition) is 0. The summed E-state index contributed by atoms with van der Waals surface area (Å²) in [7, 11) is 0. The van der Waals surface area contributed by atoms with Crippen molar-refractivity contribution in [1.82, 2.24) is 0 Å². The zero-order valence-corrected chi connectivity index (χ0v) is 15.5. The Balaban J connectivity index is 1.99. The lowest BCUT2D eigenvalue weighted by Crippen LogP contribution is -2.07. The van der Waals surface area contributed by atoms with E-state index in [1.807, 2.05) is 6.92 Å². The van der Waals surface area contributed by atoms with Gasteiger partial charge in [-0.05, 0) is 69.1 Å². The Bertz CT molecular complexity index is 604. The predicted octanol–water partition coefficient (Wildman–Crippen LogP) is 7.07. The minimum absolute atomic E-state index is 0.0259. The van der Waals surface area contributed by atoms with E-state index in [0.717, 1.165) is 56.9 Å². The van der Waals surface area contributed by atoms with Gasteiger partial charge in [0.15, 0.2) is 11.6 Å². The van der Waals surface area contributed by atoms with Crippen LogP contribution < -0.4 is 4.74 Å². The fourth-order valence-electron chi connectivity index (χ4n) is 3.32. The van der Waals surface area contributed by atoms with Crippen LogP contribution in [0.25, 0.3) is 5.57 Å². The Kier molecular flexibility index (Phi) is 8.17. The van der Waals surface area contributed by atoms with Gasteiger partial charge >= 0.3 is 0 Å². The van der Waals surface area contributed by atoms with Gasteiger partial charge in [-0.15, -0.1) is 0 Å². The Morgan fingerprint density at radius 1 is 1.20 bits per heavy atom. The monoisotopic (exact) mass is 348 g/mol. The summed E-state index contributed by atoms with van der Waals surface area (Å²) >= 11 is 0. The molecule has 3 heteroatoms. The maximum Gasteiger partial charge on any atom is 0.201 e. The molecule has 1 aromatic rings. The van der Waals surface area contributed by atoms with E-state index in [1.165, 1.54) is 0 Å². The third-order valence-electron chi connectivity index (χ3n) is 4.90. The first kappa shape index (κ1) is 19.7. The first-order valence-corrected chi connectivity index (χ1v) is 9.58. The molecule has 0 bridgehead atoms. The van der Waals surface area contributed by atoms with Gasteiger partial charge < -0.3 is 4.74 Å². The van der Waals surface area contributed by atoms with Crippen molar-refractivity contribution in [3.63, 3.8) is 0 Å². The molecule has 1 aliphatic rings. The SMILES string of the molecule is CC=CCCC1CC=C(c2ccc(OCCCCC)c(F)c2F)CC1. The van der Waals surface area contributed by atoms with Gasteiger partial charge in [0.1, 0.15) is 0 Å². The standard InChI is InChI=1S/C22H30F2O/c1-3-5-7-9-17-10-12-18(13-11-17)19-14-15-20(22(24)21(19)23)25-16-8-6-4-2/h3,5,12,14-15,17H,4,6-11,13,16H2,1-2H3. The number of rotatable bonds is 9. The molecule has 0 spiro atoms. The van der Waals surface area contributed by atoms with Gasteiger partial charge in [0, 0.05) is 5.56 Å². The van der Waals surface area contributed by atoms with Crippen molar-refractivity contribution in [3.05, 3.63) is 47.6 Å². The summed E-state index contributed by atoms with van der Waals surface area (Å²) in [6.07, 6.45) is 14.4. The highest BCUT2D eigenvalue weighted by Crippen LogP contribution is 2.35. The predicted molar refractivity (Wildman–Crippen MR) is 101 cm³/mol. The summed E-state index contributed by atoms with van der Waals surface area (Å²) in [5.74, 6) is -0.955. The summed E-state index contributed by atoms with van der Waals surface area (Å²) in [4.78, 5) is 0. The number of halogens is 2. The number of benzene rings is 1. The lowest BCUT2D eigenvalue weighted by Gasteiger charge is -2.22. The molecule has 0 saturated heterocycles. The molecule has 0 heterocycles. The highest BCUT2D eigenvalue weighted by Gasteiger charge is 2.20. The third kappa shape index (κ3) is 5.69. The minimum Gasteiger partial charge on any atom is -0.490 e. The van der Waals surface area contributed by atoms with E-state index in [-0.39, 0.29) is 5.75 Å².